The summed E-state index contributed by atoms with van der Waals surface area (Å²) in [5.74, 6) is 0. The van der Waals surface area contributed by atoms with Gasteiger partial charge in [0.2, 0.25) is 0 Å². The van der Waals surface area contributed by atoms with Gasteiger partial charge in [-0.05, 0) is 39.7 Å². The van der Waals surface area contributed by atoms with Gasteiger partial charge in [0.25, 0.3) is 0 Å². The second-order valence-corrected chi connectivity index (χ2v) is 6.69. The Balaban J connectivity index is 1.65. The number of hydrogen-bond acceptors (Lipinski definition) is 5. The Hall–Kier alpha value is -1.79. The SMILES string of the molecule is Cc1nccnc1CC[C@H]1COCCN1Cc1ccnn1C(C)C. The van der Waals surface area contributed by atoms with Gasteiger partial charge in [-0.25, -0.2) is 0 Å². The first kappa shape index (κ1) is 17.0. The summed E-state index contributed by atoms with van der Waals surface area (Å²) in [6.45, 7) is 9.84. The smallest absolute Gasteiger partial charge is 0.0622 e. The molecule has 0 spiro atoms. The summed E-state index contributed by atoms with van der Waals surface area (Å²) in [5, 5.41) is 4.45. The van der Waals surface area contributed by atoms with E-state index in [2.05, 4.69) is 44.6 Å². The molecule has 3 heterocycles. The lowest BCUT2D eigenvalue weighted by Gasteiger charge is -2.35. The molecule has 0 unspecified atom stereocenters. The highest BCUT2D eigenvalue weighted by atomic mass is 16.5. The number of ether oxygens (including phenoxy) is 1. The van der Waals surface area contributed by atoms with E-state index in [4.69, 9.17) is 4.74 Å². The van der Waals surface area contributed by atoms with E-state index in [1.165, 1.54) is 5.69 Å². The van der Waals surface area contributed by atoms with Crippen LogP contribution in [0.25, 0.3) is 0 Å². The molecular weight excluding hydrogens is 302 g/mol. The first-order valence-electron chi connectivity index (χ1n) is 8.76. The molecule has 0 radical (unpaired) electrons. The molecule has 1 aliphatic rings. The van der Waals surface area contributed by atoms with Crippen LogP contribution in [0.15, 0.2) is 24.7 Å². The third-order valence-electron chi connectivity index (χ3n) is 4.65. The molecule has 1 fully saturated rings. The number of hydrogen-bond donors (Lipinski definition) is 0. The second kappa shape index (κ2) is 7.85. The first-order valence-corrected chi connectivity index (χ1v) is 8.76. The molecule has 0 amide bonds. The van der Waals surface area contributed by atoms with Gasteiger partial charge in [0.15, 0.2) is 0 Å². The maximum Gasteiger partial charge on any atom is 0.0622 e. The van der Waals surface area contributed by atoms with E-state index in [1.807, 2.05) is 13.1 Å². The molecule has 0 aliphatic carbocycles. The molecule has 1 saturated heterocycles. The molecule has 24 heavy (non-hydrogen) atoms. The maximum atomic E-state index is 5.73. The Labute approximate surface area is 143 Å². The van der Waals surface area contributed by atoms with Crippen molar-refractivity contribution < 1.29 is 4.74 Å². The molecule has 1 aliphatic heterocycles. The minimum Gasteiger partial charge on any atom is -0.378 e. The lowest BCUT2D eigenvalue weighted by Crippen LogP contribution is -2.45. The van der Waals surface area contributed by atoms with E-state index < -0.39 is 0 Å². The number of morpholine rings is 1. The summed E-state index contributed by atoms with van der Waals surface area (Å²) in [6.07, 6.45) is 7.40. The Morgan fingerprint density at radius 2 is 2.08 bits per heavy atom. The van der Waals surface area contributed by atoms with Crippen LogP contribution >= 0.6 is 0 Å². The zero-order valence-electron chi connectivity index (χ0n) is 14.9. The quantitative estimate of drug-likeness (QED) is 0.814. The Kier molecular flexibility index (Phi) is 5.58. The molecule has 3 rings (SSSR count). The highest BCUT2D eigenvalue weighted by Gasteiger charge is 2.24. The van der Waals surface area contributed by atoms with E-state index in [0.29, 0.717) is 12.1 Å². The van der Waals surface area contributed by atoms with Gasteiger partial charge >= 0.3 is 0 Å². The predicted octanol–water partition coefficient (Wildman–Crippen LogP) is 2.40. The molecule has 0 bridgehead atoms. The van der Waals surface area contributed by atoms with E-state index >= 15 is 0 Å². The molecule has 6 heteroatoms. The van der Waals surface area contributed by atoms with Gasteiger partial charge in [-0.3, -0.25) is 19.5 Å². The fraction of sp³-hybridized carbons (Fsp3) is 0.611. The minimum atomic E-state index is 0.386. The number of aryl methyl sites for hydroxylation is 2. The summed E-state index contributed by atoms with van der Waals surface area (Å²) < 4.78 is 7.84. The zero-order valence-corrected chi connectivity index (χ0v) is 14.9. The van der Waals surface area contributed by atoms with Crippen molar-refractivity contribution in [1.29, 1.82) is 0 Å². The van der Waals surface area contributed by atoms with Gasteiger partial charge in [0, 0.05) is 43.8 Å². The molecule has 2 aromatic rings. The largest absolute Gasteiger partial charge is 0.378 e. The lowest BCUT2D eigenvalue weighted by atomic mass is 10.1. The van der Waals surface area contributed by atoms with Gasteiger partial charge in [-0.2, -0.15) is 5.10 Å². The minimum absolute atomic E-state index is 0.386. The first-order chi connectivity index (χ1) is 11.6. The van der Waals surface area contributed by atoms with E-state index in [0.717, 1.165) is 50.5 Å². The summed E-state index contributed by atoms with van der Waals surface area (Å²) in [5.41, 5.74) is 3.39. The molecule has 130 valence electrons. The van der Waals surface area contributed by atoms with E-state index in [-0.39, 0.29) is 0 Å². The maximum absolute atomic E-state index is 5.73. The third-order valence-corrected chi connectivity index (χ3v) is 4.65. The lowest BCUT2D eigenvalue weighted by molar-refractivity contribution is -0.0156. The standard InChI is InChI=1S/C18H27N5O/c1-14(2)23-16(6-7-21-23)12-22-10-11-24-13-17(22)4-5-18-15(3)19-8-9-20-18/h6-9,14,17H,4-5,10-13H2,1-3H3/t17-/m0/s1. The van der Waals surface area contributed by atoms with Crippen LogP contribution in [0.3, 0.4) is 0 Å². The topological polar surface area (TPSA) is 56.1 Å². The predicted molar refractivity (Wildman–Crippen MR) is 92.7 cm³/mol. The number of aromatic nitrogens is 4. The molecule has 0 aromatic carbocycles. The van der Waals surface area contributed by atoms with Crippen molar-refractivity contribution in [1.82, 2.24) is 24.6 Å². The zero-order chi connectivity index (χ0) is 16.9. The number of rotatable bonds is 6. The van der Waals surface area contributed by atoms with Crippen molar-refractivity contribution in [3.63, 3.8) is 0 Å². The fourth-order valence-corrected chi connectivity index (χ4v) is 3.29. The summed E-state index contributed by atoms with van der Waals surface area (Å²) >= 11 is 0. The van der Waals surface area contributed by atoms with Gasteiger partial charge in [-0.15, -0.1) is 0 Å². The monoisotopic (exact) mass is 329 g/mol. The average molecular weight is 329 g/mol. The van der Waals surface area contributed by atoms with Crippen LogP contribution in [0.5, 0.6) is 0 Å². The van der Waals surface area contributed by atoms with Crippen LogP contribution in [-0.4, -0.2) is 50.4 Å². The van der Waals surface area contributed by atoms with Crippen LogP contribution in [0.1, 0.15) is 43.4 Å². The molecule has 0 N–H and O–H groups in total. The van der Waals surface area contributed by atoms with Crippen molar-refractivity contribution in [2.75, 3.05) is 19.8 Å². The molecule has 0 saturated carbocycles. The highest BCUT2D eigenvalue weighted by Crippen LogP contribution is 2.18. The van der Waals surface area contributed by atoms with Gasteiger partial charge in [0.1, 0.15) is 0 Å². The van der Waals surface area contributed by atoms with Crippen LogP contribution in [-0.2, 0) is 17.7 Å². The summed E-state index contributed by atoms with van der Waals surface area (Å²) in [6, 6.07) is 2.92. The summed E-state index contributed by atoms with van der Waals surface area (Å²) in [7, 11) is 0. The molecule has 2 aromatic heterocycles. The van der Waals surface area contributed by atoms with Crippen molar-refractivity contribution in [2.24, 2.45) is 0 Å². The molecule has 6 nitrogen and oxygen atoms in total. The van der Waals surface area contributed by atoms with Crippen LogP contribution in [0.2, 0.25) is 0 Å². The van der Waals surface area contributed by atoms with Crippen LogP contribution in [0, 0.1) is 6.92 Å². The van der Waals surface area contributed by atoms with Crippen LogP contribution < -0.4 is 0 Å². The van der Waals surface area contributed by atoms with Gasteiger partial charge in [-0.1, -0.05) is 0 Å². The number of nitrogens with zero attached hydrogens (tertiary/aromatic N) is 5. The second-order valence-electron chi connectivity index (χ2n) is 6.69. The van der Waals surface area contributed by atoms with Gasteiger partial charge in [0.05, 0.1) is 30.3 Å². The molecular formula is C18H27N5O. The van der Waals surface area contributed by atoms with Crippen LogP contribution in [0.4, 0.5) is 0 Å². The van der Waals surface area contributed by atoms with Crippen molar-refractivity contribution in [2.45, 2.75) is 52.2 Å². The van der Waals surface area contributed by atoms with Crippen molar-refractivity contribution >= 4 is 0 Å². The van der Waals surface area contributed by atoms with Crippen molar-refractivity contribution in [3.05, 3.63) is 41.7 Å². The Bertz CT molecular complexity index is 654. The Morgan fingerprint density at radius 3 is 2.88 bits per heavy atom. The fourth-order valence-electron chi connectivity index (χ4n) is 3.29. The van der Waals surface area contributed by atoms with Crippen molar-refractivity contribution in [3.8, 4) is 0 Å². The molecule has 1 atom stereocenters. The third kappa shape index (κ3) is 3.99. The normalized spacial score (nSPS) is 19.1. The summed E-state index contributed by atoms with van der Waals surface area (Å²) in [4.78, 5) is 11.3. The van der Waals surface area contributed by atoms with Gasteiger partial charge < -0.3 is 4.74 Å². The Morgan fingerprint density at radius 1 is 1.25 bits per heavy atom. The van der Waals surface area contributed by atoms with E-state index in [1.54, 1.807) is 12.4 Å². The average Bonchev–Trinajstić information content (AvgIpc) is 3.04. The van der Waals surface area contributed by atoms with E-state index in [9.17, 15) is 0 Å². The highest BCUT2D eigenvalue weighted by molar-refractivity contribution is 5.09.